The van der Waals surface area contributed by atoms with Gasteiger partial charge in [-0.2, -0.15) is 0 Å². The third-order valence-electron chi connectivity index (χ3n) is 9.69. The molecule has 1 aliphatic rings. The lowest BCUT2D eigenvalue weighted by atomic mass is 9.97. The van der Waals surface area contributed by atoms with E-state index in [0.29, 0.717) is 38.6 Å². The number of hydrogen-bond donors (Lipinski definition) is 11. The number of carboxylic acids is 1. The highest BCUT2D eigenvalue weighted by atomic mass is 16.4. The molecule has 0 saturated carbocycles. The van der Waals surface area contributed by atoms with Crippen molar-refractivity contribution in [3.8, 4) is 0 Å². The van der Waals surface area contributed by atoms with E-state index in [1.165, 1.54) is 11.8 Å². The number of nitrogens with one attached hydrogen (secondary N) is 7. The van der Waals surface area contributed by atoms with Gasteiger partial charge in [0.15, 0.2) is 0 Å². The first kappa shape index (κ1) is 51.6. The number of hydrogen-bond acceptors (Lipinski definition) is 12. The van der Waals surface area contributed by atoms with Crippen LogP contribution in [0.4, 0.5) is 0 Å². The van der Waals surface area contributed by atoms with Gasteiger partial charge in [0, 0.05) is 13.0 Å². The monoisotopic (exact) mass is 839 g/mol. The second-order valence-corrected chi connectivity index (χ2v) is 15.0. The molecule has 0 aromatic rings. The third-order valence-corrected chi connectivity index (χ3v) is 9.69. The van der Waals surface area contributed by atoms with Crippen LogP contribution in [0.2, 0.25) is 0 Å². The molecule has 7 atom stereocenters. The van der Waals surface area contributed by atoms with Crippen LogP contribution in [0, 0.1) is 11.8 Å². The van der Waals surface area contributed by atoms with Crippen molar-refractivity contribution < 1.29 is 53.1 Å². The average molecular weight is 840 g/mol. The van der Waals surface area contributed by atoms with Gasteiger partial charge in [0.2, 0.25) is 53.2 Å². The van der Waals surface area contributed by atoms with Crippen LogP contribution in [-0.2, 0) is 47.9 Å². The predicted molar refractivity (Wildman–Crippen MR) is 213 cm³/mol. The van der Waals surface area contributed by atoms with Gasteiger partial charge in [-0.05, 0) is 70.3 Å². The first-order valence-electron chi connectivity index (χ1n) is 20.0. The van der Waals surface area contributed by atoms with Crippen LogP contribution < -0.4 is 54.4 Å². The van der Waals surface area contributed by atoms with E-state index in [9.17, 15) is 53.1 Å². The fourth-order valence-corrected chi connectivity index (χ4v) is 6.14. The van der Waals surface area contributed by atoms with Gasteiger partial charge < -0.3 is 64.4 Å². The van der Waals surface area contributed by atoms with Crippen LogP contribution in [0.15, 0.2) is 0 Å². The number of aliphatic carboxylic acids is 1. The Hall–Kier alpha value is -5.38. The molecule has 22 heteroatoms. The van der Waals surface area contributed by atoms with Gasteiger partial charge >= 0.3 is 5.97 Å². The van der Waals surface area contributed by atoms with Crippen molar-refractivity contribution in [2.75, 3.05) is 32.7 Å². The zero-order valence-electron chi connectivity index (χ0n) is 34.7. The standard InChI is InChI=1S/C37H65N11O11/c1-6-21(4)31(47-33(54)23(12-13-27(40)49)44-28(50)17-39)36(57)41-18-29(51)45-25(16-20(2)3)34(55)43-22(5)32(53)42-19-30(52)48-15-9-11-26(48)35(56)46-24(37(58)59)10-7-8-14-38/h20-26,31H,6-19,38-39H2,1-5H3,(H2,40,49)(H,41,57)(H,42,53)(H,43,55)(H,44,50)(H,45,51)(H,46,56)(H,47,54)(H,58,59)/t21-,22-,23-,24-,25-,26-,31-/m0/s1. The summed E-state index contributed by atoms with van der Waals surface area (Å²) >= 11 is 0. The van der Waals surface area contributed by atoms with Crippen LogP contribution >= 0.6 is 0 Å². The molecule has 1 rings (SSSR count). The smallest absolute Gasteiger partial charge is 0.326 e. The van der Waals surface area contributed by atoms with E-state index in [1.807, 2.05) is 0 Å². The number of unbranched alkanes of at least 4 members (excludes halogenated alkanes) is 1. The Balaban J connectivity index is 2.84. The van der Waals surface area contributed by atoms with Gasteiger partial charge in [-0.25, -0.2) is 4.79 Å². The minimum atomic E-state index is -1.21. The van der Waals surface area contributed by atoms with Crippen LogP contribution in [-0.4, -0.2) is 138 Å². The predicted octanol–water partition coefficient (Wildman–Crippen LogP) is -3.82. The lowest BCUT2D eigenvalue weighted by molar-refractivity contribution is -0.144. The van der Waals surface area contributed by atoms with Gasteiger partial charge in [0.25, 0.3) is 0 Å². The molecule has 9 amide bonds. The van der Waals surface area contributed by atoms with Gasteiger partial charge in [-0.15, -0.1) is 0 Å². The second-order valence-electron chi connectivity index (χ2n) is 15.0. The summed E-state index contributed by atoms with van der Waals surface area (Å²) in [7, 11) is 0. The van der Waals surface area contributed by atoms with Crippen molar-refractivity contribution in [3.63, 3.8) is 0 Å². The number of likely N-dealkylation sites (tertiary alicyclic amines) is 1. The quantitative estimate of drug-likeness (QED) is 0.0354. The Kier molecular flexibility index (Phi) is 23.3. The molecule has 0 unspecified atom stereocenters. The number of primary amides is 1. The fraction of sp³-hybridized carbons (Fsp3) is 0.730. The molecule has 1 fully saturated rings. The minimum Gasteiger partial charge on any atom is -0.480 e. The average Bonchev–Trinajstić information content (AvgIpc) is 3.68. The Labute approximate surface area is 344 Å². The summed E-state index contributed by atoms with van der Waals surface area (Å²) in [5.41, 5.74) is 16.0. The molecule has 0 aromatic carbocycles. The van der Waals surface area contributed by atoms with Gasteiger partial charge in [0.1, 0.15) is 36.3 Å². The maximum atomic E-state index is 13.3. The van der Waals surface area contributed by atoms with E-state index in [1.54, 1.807) is 27.7 Å². The van der Waals surface area contributed by atoms with E-state index < -0.39 is 121 Å². The lowest BCUT2D eigenvalue weighted by Gasteiger charge is -2.27. The number of rotatable bonds is 27. The summed E-state index contributed by atoms with van der Waals surface area (Å²) < 4.78 is 0. The van der Waals surface area contributed by atoms with E-state index in [2.05, 4.69) is 37.2 Å². The fourth-order valence-electron chi connectivity index (χ4n) is 6.14. The zero-order valence-corrected chi connectivity index (χ0v) is 34.7. The first-order chi connectivity index (χ1) is 27.7. The summed E-state index contributed by atoms with van der Waals surface area (Å²) in [6.45, 7) is 7.54. The topological polar surface area (TPSA) is 356 Å². The number of carbonyl (C=O) groups is 10. The largest absolute Gasteiger partial charge is 0.480 e. The SMILES string of the molecule is CC[C@H](C)[C@H](NC(=O)[C@H](CCC(N)=O)NC(=O)CN)C(=O)NCC(=O)N[C@@H](CC(C)C)C(=O)N[C@@H](C)C(=O)NCC(=O)N1CCC[C@H]1C(=O)N[C@@H](CCCCN)C(=O)O. The molecule has 0 bridgehead atoms. The molecule has 0 spiro atoms. The number of nitrogens with zero attached hydrogens (tertiary/aromatic N) is 1. The maximum absolute atomic E-state index is 13.3. The molecule has 0 radical (unpaired) electrons. The maximum Gasteiger partial charge on any atom is 0.326 e. The molecule has 1 saturated heterocycles. The number of carboxylic acid groups (broad SMARTS) is 1. The molecular weight excluding hydrogens is 774 g/mol. The molecule has 59 heavy (non-hydrogen) atoms. The van der Waals surface area contributed by atoms with Crippen molar-refractivity contribution in [2.24, 2.45) is 29.0 Å². The third kappa shape index (κ3) is 18.8. The summed E-state index contributed by atoms with van der Waals surface area (Å²) in [4.78, 5) is 128. The second kappa shape index (κ2) is 26.6. The highest BCUT2D eigenvalue weighted by Crippen LogP contribution is 2.18. The first-order valence-corrected chi connectivity index (χ1v) is 20.0. The van der Waals surface area contributed by atoms with E-state index in [-0.39, 0.29) is 38.1 Å². The number of nitrogens with two attached hydrogens (primary N) is 3. The highest BCUT2D eigenvalue weighted by molar-refractivity contribution is 5.96. The Morgan fingerprint density at radius 2 is 1.36 bits per heavy atom. The summed E-state index contributed by atoms with van der Waals surface area (Å²) in [6, 6.07) is -6.71. The molecule has 22 nitrogen and oxygen atoms in total. The lowest BCUT2D eigenvalue weighted by Crippen LogP contribution is -2.58. The van der Waals surface area contributed by atoms with Gasteiger partial charge in [0.05, 0.1) is 19.6 Å². The highest BCUT2D eigenvalue weighted by Gasteiger charge is 2.36. The minimum absolute atomic E-state index is 0.100. The van der Waals surface area contributed by atoms with Crippen molar-refractivity contribution in [1.82, 2.24) is 42.1 Å². The zero-order chi connectivity index (χ0) is 44.8. The molecule has 334 valence electrons. The molecule has 1 aliphatic heterocycles. The molecular formula is C37H65N11O11. The van der Waals surface area contributed by atoms with Crippen LogP contribution in [0.5, 0.6) is 0 Å². The number of amides is 9. The van der Waals surface area contributed by atoms with Gasteiger partial charge in [-0.3, -0.25) is 43.2 Å². The van der Waals surface area contributed by atoms with Crippen molar-refractivity contribution >= 4 is 59.1 Å². The molecule has 0 aromatic heterocycles. The summed E-state index contributed by atoms with van der Waals surface area (Å²) in [6.07, 6.45) is 2.29. The van der Waals surface area contributed by atoms with Crippen LogP contribution in [0.25, 0.3) is 0 Å². The van der Waals surface area contributed by atoms with Crippen LogP contribution in [0.3, 0.4) is 0 Å². The van der Waals surface area contributed by atoms with Crippen molar-refractivity contribution in [1.29, 1.82) is 0 Å². The Morgan fingerprint density at radius 3 is 1.93 bits per heavy atom. The molecule has 14 N–H and O–H groups in total. The summed E-state index contributed by atoms with van der Waals surface area (Å²) in [5.74, 6) is -7.98. The van der Waals surface area contributed by atoms with Crippen molar-refractivity contribution in [2.45, 2.75) is 129 Å². The van der Waals surface area contributed by atoms with Gasteiger partial charge in [-0.1, -0.05) is 34.1 Å². The van der Waals surface area contributed by atoms with Crippen molar-refractivity contribution in [3.05, 3.63) is 0 Å². The number of carbonyl (C=O) groups excluding carboxylic acids is 9. The van der Waals surface area contributed by atoms with E-state index >= 15 is 0 Å². The molecule has 0 aliphatic carbocycles. The van der Waals surface area contributed by atoms with E-state index in [4.69, 9.17) is 17.2 Å². The Bertz CT molecular complexity index is 1500. The van der Waals surface area contributed by atoms with Crippen LogP contribution in [0.1, 0.15) is 92.4 Å². The summed E-state index contributed by atoms with van der Waals surface area (Å²) in [5, 5.41) is 26.9. The normalized spacial score (nSPS) is 16.6. The van der Waals surface area contributed by atoms with E-state index in [0.717, 1.165) is 0 Å². The molecule has 1 heterocycles. The Morgan fingerprint density at radius 1 is 0.729 bits per heavy atom.